The molecule has 1 aliphatic rings. The molecule has 0 spiro atoms. The van der Waals surface area contributed by atoms with Gasteiger partial charge in [-0.25, -0.2) is 0 Å². The molecule has 1 fully saturated rings. The van der Waals surface area contributed by atoms with Gasteiger partial charge >= 0.3 is 0 Å². The van der Waals surface area contributed by atoms with Gasteiger partial charge in [0.1, 0.15) is 6.10 Å². The van der Waals surface area contributed by atoms with Crippen LogP contribution in [0, 0.1) is 0 Å². The second kappa shape index (κ2) is 4.60. The first kappa shape index (κ1) is 11.0. The van der Waals surface area contributed by atoms with E-state index in [4.69, 9.17) is 4.74 Å². The second-order valence-corrected chi connectivity index (χ2v) is 3.86. The van der Waals surface area contributed by atoms with Gasteiger partial charge in [0.15, 0.2) is 5.78 Å². The fraction of sp³-hybridized carbons (Fsp3) is 0.308. The highest BCUT2D eigenvalue weighted by Gasteiger charge is 2.36. The summed E-state index contributed by atoms with van der Waals surface area (Å²) < 4.78 is 5.14. The van der Waals surface area contributed by atoms with Gasteiger partial charge < -0.3 is 9.84 Å². The van der Waals surface area contributed by atoms with Crippen molar-refractivity contribution in [2.45, 2.75) is 18.6 Å². The lowest BCUT2D eigenvalue weighted by molar-refractivity contribution is -0.115. The van der Waals surface area contributed by atoms with Crippen molar-refractivity contribution in [1.82, 2.24) is 0 Å². The van der Waals surface area contributed by atoms with Crippen molar-refractivity contribution in [2.75, 3.05) is 7.11 Å². The maximum absolute atomic E-state index is 11.7. The molecule has 0 radical (unpaired) electrons. The summed E-state index contributed by atoms with van der Waals surface area (Å²) in [6.07, 6.45) is 0.726. The van der Waals surface area contributed by atoms with Crippen LogP contribution in [0.1, 0.15) is 12.0 Å². The van der Waals surface area contributed by atoms with E-state index in [0.717, 1.165) is 5.56 Å². The predicted octanol–water partition coefficient (Wildman–Crippen LogP) is 1.42. The number of carbonyl (C=O) groups excluding carboxylic acids is 1. The van der Waals surface area contributed by atoms with E-state index in [1.807, 2.05) is 30.3 Å². The number of Topliss-reactive ketones (excluding diaryl/α,β-unsaturated/α-hetero) is 1. The lowest BCUT2D eigenvalue weighted by Gasteiger charge is -2.12. The van der Waals surface area contributed by atoms with Crippen molar-refractivity contribution in [3.05, 3.63) is 41.5 Å². The number of aliphatic hydroxyl groups excluding tert-OH is 1. The smallest absolute Gasteiger partial charge is 0.164 e. The fourth-order valence-corrected chi connectivity index (χ4v) is 1.96. The highest BCUT2D eigenvalue weighted by molar-refractivity contribution is 6.03. The number of rotatable bonds is 2. The zero-order valence-electron chi connectivity index (χ0n) is 9.09. The highest BCUT2D eigenvalue weighted by atomic mass is 16.5. The van der Waals surface area contributed by atoms with Crippen molar-refractivity contribution in [3.8, 4) is 0 Å². The van der Waals surface area contributed by atoms with E-state index in [2.05, 4.69) is 0 Å². The van der Waals surface area contributed by atoms with E-state index in [1.165, 1.54) is 7.11 Å². The lowest BCUT2D eigenvalue weighted by Crippen LogP contribution is -2.22. The minimum atomic E-state index is -0.715. The Morgan fingerprint density at radius 2 is 2.06 bits per heavy atom. The van der Waals surface area contributed by atoms with E-state index in [9.17, 15) is 9.90 Å². The molecule has 0 aliphatic heterocycles. The summed E-state index contributed by atoms with van der Waals surface area (Å²) in [7, 11) is 1.51. The van der Waals surface area contributed by atoms with Crippen LogP contribution in [0.25, 0.3) is 6.08 Å². The van der Waals surface area contributed by atoms with Crippen molar-refractivity contribution in [1.29, 1.82) is 0 Å². The van der Waals surface area contributed by atoms with Gasteiger partial charge in [0.05, 0.1) is 6.10 Å². The van der Waals surface area contributed by atoms with Gasteiger partial charge in [-0.15, -0.1) is 0 Å². The number of carbonyl (C=O) groups is 1. The molecule has 1 saturated carbocycles. The molecule has 1 aliphatic carbocycles. The third-order valence-corrected chi connectivity index (χ3v) is 2.75. The van der Waals surface area contributed by atoms with Crippen molar-refractivity contribution in [2.24, 2.45) is 0 Å². The molecule has 0 saturated heterocycles. The van der Waals surface area contributed by atoms with E-state index in [1.54, 1.807) is 6.08 Å². The molecule has 0 amide bonds. The zero-order chi connectivity index (χ0) is 11.5. The number of hydrogen-bond donors (Lipinski definition) is 1. The Bertz CT molecular complexity index is 408. The van der Waals surface area contributed by atoms with Gasteiger partial charge in [-0.05, 0) is 11.6 Å². The average molecular weight is 218 g/mol. The third-order valence-electron chi connectivity index (χ3n) is 2.75. The molecular weight excluding hydrogens is 204 g/mol. The van der Waals surface area contributed by atoms with E-state index >= 15 is 0 Å². The van der Waals surface area contributed by atoms with E-state index in [-0.39, 0.29) is 12.2 Å². The van der Waals surface area contributed by atoms with Crippen molar-refractivity contribution in [3.63, 3.8) is 0 Å². The topological polar surface area (TPSA) is 46.5 Å². The van der Waals surface area contributed by atoms with Crippen molar-refractivity contribution < 1.29 is 14.6 Å². The minimum Gasteiger partial charge on any atom is -0.390 e. The quantitative estimate of drug-likeness (QED) is 0.764. The van der Waals surface area contributed by atoms with Crippen LogP contribution < -0.4 is 0 Å². The molecule has 2 rings (SSSR count). The Kier molecular flexibility index (Phi) is 3.17. The van der Waals surface area contributed by atoms with Crippen LogP contribution in [0.5, 0.6) is 0 Å². The summed E-state index contributed by atoms with van der Waals surface area (Å²) in [5.41, 5.74) is 1.50. The maximum Gasteiger partial charge on any atom is 0.164 e. The first-order chi connectivity index (χ1) is 7.72. The van der Waals surface area contributed by atoms with Crippen LogP contribution in [0.15, 0.2) is 35.9 Å². The van der Waals surface area contributed by atoms with Crippen LogP contribution in [-0.2, 0) is 9.53 Å². The number of ether oxygens (including phenoxy) is 1. The summed E-state index contributed by atoms with van der Waals surface area (Å²) in [4.78, 5) is 11.7. The zero-order valence-corrected chi connectivity index (χ0v) is 9.09. The van der Waals surface area contributed by atoms with Gasteiger partial charge in [-0.2, -0.15) is 0 Å². The van der Waals surface area contributed by atoms with E-state index in [0.29, 0.717) is 5.57 Å². The van der Waals surface area contributed by atoms with Gasteiger partial charge in [0, 0.05) is 19.1 Å². The average Bonchev–Trinajstić information content (AvgIpc) is 2.55. The molecule has 0 aromatic heterocycles. The summed E-state index contributed by atoms with van der Waals surface area (Å²) in [6, 6.07) is 9.56. The van der Waals surface area contributed by atoms with Crippen LogP contribution in [0.3, 0.4) is 0 Å². The monoisotopic (exact) mass is 218 g/mol. The largest absolute Gasteiger partial charge is 0.390 e. The van der Waals surface area contributed by atoms with Crippen LogP contribution in [-0.4, -0.2) is 30.2 Å². The molecule has 2 atom stereocenters. The van der Waals surface area contributed by atoms with Gasteiger partial charge in [-0.3, -0.25) is 4.79 Å². The number of hydrogen-bond acceptors (Lipinski definition) is 3. The van der Waals surface area contributed by atoms with Gasteiger partial charge in [-0.1, -0.05) is 30.3 Å². The number of aliphatic hydroxyl groups is 1. The molecule has 1 aromatic rings. The Morgan fingerprint density at radius 1 is 1.38 bits per heavy atom. The minimum absolute atomic E-state index is 0.0387. The molecule has 0 heterocycles. The standard InChI is InChI=1S/C13H14O3/c1-16-13-10(11(14)8-12(13)15)7-9-5-3-2-4-6-9/h2-7,12-13,15H,8H2,1H3. The summed E-state index contributed by atoms with van der Waals surface area (Å²) in [5.74, 6) is -0.0387. The summed E-state index contributed by atoms with van der Waals surface area (Å²) >= 11 is 0. The molecule has 0 bridgehead atoms. The normalized spacial score (nSPS) is 27.6. The number of methoxy groups -OCH3 is 1. The third kappa shape index (κ3) is 2.05. The first-order valence-electron chi connectivity index (χ1n) is 5.23. The Balaban J connectivity index is 2.32. The van der Waals surface area contributed by atoms with Crippen LogP contribution >= 0.6 is 0 Å². The molecule has 3 heteroatoms. The number of ketones is 1. The first-order valence-corrected chi connectivity index (χ1v) is 5.23. The van der Waals surface area contributed by atoms with Gasteiger partial charge in [0.25, 0.3) is 0 Å². The Hall–Kier alpha value is -1.45. The van der Waals surface area contributed by atoms with Crippen LogP contribution in [0.2, 0.25) is 0 Å². The van der Waals surface area contributed by atoms with Crippen LogP contribution in [0.4, 0.5) is 0 Å². The molecule has 16 heavy (non-hydrogen) atoms. The maximum atomic E-state index is 11.7. The molecular formula is C13H14O3. The Labute approximate surface area is 94.4 Å². The fourth-order valence-electron chi connectivity index (χ4n) is 1.96. The lowest BCUT2D eigenvalue weighted by atomic mass is 10.1. The molecule has 1 N–H and O–H groups in total. The molecule has 84 valence electrons. The molecule has 3 nitrogen and oxygen atoms in total. The summed E-state index contributed by atoms with van der Waals surface area (Å²) in [6.45, 7) is 0. The Morgan fingerprint density at radius 3 is 2.69 bits per heavy atom. The highest BCUT2D eigenvalue weighted by Crippen LogP contribution is 2.26. The van der Waals surface area contributed by atoms with E-state index < -0.39 is 12.2 Å². The molecule has 1 aromatic carbocycles. The summed E-state index contributed by atoms with van der Waals surface area (Å²) in [5, 5.41) is 9.62. The molecule has 2 unspecified atom stereocenters. The predicted molar refractivity (Wildman–Crippen MR) is 60.8 cm³/mol. The second-order valence-electron chi connectivity index (χ2n) is 3.86. The SMILES string of the molecule is COC1C(=Cc2ccccc2)C(=O)CC1O. The van der Waals surface area contributed by atoms with Crippen molar-refractivity contribution >= 4 is 11.9 Å². The number of benzene rings is 1. The van der Waals surface area contributed by atoms with Gasteiger partial charge in [0.2, 0.25) is 0 Å².